The van der Waals surface area contributed by atoms with Gasteiger partial charge in [-0.1, -0.05) is 30.4 Å². The van der Waals surface area contributed by atoms with Crippen LogP contribution in [0.3, 0.4) is 0 Å². The van der Waals surface area contributed by atoms with Crippen LogP contribution in [0.25, 0.3) is 4.96 Å². The summed E-state index contributed by atoms with van der Waals surface area (Å²) in [5.41, 5.74) is 0.881. The second kappa shape index (κ2) is 5.14. The summed E-state index contributed by atoms with van der Waals surface area (Å²) in [6, 6.07) is 0. The van der Waals surface area contributed by atoms with Crippen molar-refractivity contribution in [2.45, 2.75) is 20.3 Å². The average molecular weight is 250 g/mol. The first-order chi connectivity index (χ1) is 8.24. The second-order valence-corrected chi connectivity index (χ2v) is 4.55. The minimum Gasteiger partial charge on any atom is -0.457 e. The van der Waals surface area contributed by atoms with E-state index in [9.17, 15) is 4.79 Å². The van der Waals surface area contributed by atoms with Crippen molar-refractivity contribution in [3.63, 3.8) is 0 Å². The summed E-state index contributed by atoms with van der Waals surface area (Å²) < 4.78 is 7.05. The topological polar surface area (TPSA) is 43.6 Å². The van der Waals surface area contributed by atoms with E-state index in [-0.39, 0.29) is 5.97 Å². The number of carbonyl (C=O) groups is 1. The highest BCUT2D eigenvalue weighted by Crippen LogP contribution is 2.22. The molecular formula is C12H14N2O2S. The third kappa shape index (κ3) is 2.39. The van der Waals surface area contributed by atoms with E-state index >= 15 is 0 Å². The number of aryl methyl sites for hydroxylation is 1. The zero-order chi connectivity index (χ0) is 12.3. The van der Waals surface area contributed by atoms with Crippen molar-refractivity contribution in [2.24, 2.45) is 0 Å². The van der Waals surface area contributed by atoms with Crippen LogP contribution in [0.4, 0.5) is 0 Å². The van der Waals surface area contributed by atoms with E-state index in [1.807, 2.05) is 36.6 Å². The highest BCUT2D eigenvalue weighted by Gasteiger charge is 2.16. The fourth-order valence-electron chi connectivity index (χ4n) is 1.51. The third-order valence-corrected chi connectivity index (χ3v) is 3.54. The standard InChI is InChI=1S/C12H14N2O2S/c1-3-4-5-8-16-11(15)10-9(2)14-7-6-13-12(14)17-10/h4-7H,3,8H2,1-2H3/b5-4+. The molecule has 17 heavy (non-hydrogen) atoms. The second-order valence-electron chi connectivity index (χ2n) is 3.57. The zero-order valence-electron chi connectivity index (χ0n) is 9.84. The van der Waals surface area contributed by atoms with Crippen LogP contribution in [0.15, 0.2) is 24.5 Å². The van der Waals surface area contributed by atoms with Crippen LogP contribution in [0.2, 0.25) is 0 Å². The van der Waals surface area contributed by atoms with Crippen molar-refractivity contribution in [3.05, 3.63) is 35.1 Å². The minimum absolute atomic E-state index is 0.279. The molecule has 0 aliphatic heterocycles. The molecule has 0 radical (unpaired) electrons. The molecule has 4 nitrogen and oxygen atoms in total. The van der Waals surface area contributed by atoms with Gasteiger partial charge in [-0.25, -0.2) is 9.78 Å². The van der Waals surface area contributed by atoms with Gasteiger partial charge in [-0.15, -0.1) is 0 Å². The summed E-state index contributed by atoms with van der Waals surface area (Å²) in [6.07, 6.45) is 8.34. The molecule has 0 aliphatic carbocycles. The molecule has 0 N–H and O–H groups in total. The number of hydrogen-bond acceptors (Lipinski definition) is 4. The summed E-state index contributed by atoms with van der Waals surface area (Å²) in [5.74, 6) is -0.279. The van der Waals surface area contributed by atoms with Gasteiger partial charge in [0.05, 0.1) is 0 Å². The average Bonchev–Trinajstić information content (AvgIpc) is 2.88. The molecular weight excluding hydrogens is 236 g/mol. The minimum atomic E-state index is -0.279. The van der Waals surface area contributed by atoms with Crippen molar-refractivity contribution >= 4 is 22.3 Å². The Morgan fingerprint density at radius 1 is 1.59 bits per heavy atom. The summed E-state index contributed by atoms with van der Waals surface area (Å²) in [6.45, 7) is 4.26. The van der Waals surface area contributed by atoms with E-state index in [2.05, 4.69) is 4.98 Å². The maximum atomic E-state index is 11.8. The molecule has 0 saturated carbocycles. The number of hydrogen-bond donors (Lipinski definition) is 0. The molecule has 2 heterocycles. The quantitative estimate of drug-likeness (QED) is 0.619. The van der Waals surface area contributed by atoms with Crippen LogP contribution in [-0.4, -0.2) is 22.0 Å². The number of carbonyl (C=O) groups excluding carboxylic acids is 1. The van der Waals surface area contributed by atoms with Crippen LogP contribution < -0.4 is 0 Å². The van der Waals surface area contributed by atoms with Gasteiger partial charge in [0.15, 0.2) is 4.96 Å². The Morgan fingerprint density at radius 2 is 2.41 bits per heavy atom. The molecule has 0 atom stereocenters. The van der Waals surface area contributed by atoms with E-state index in [1.165, 1.54) is 11.3 Å². The first-order valence-electron chi connectivity index (χ1n) is 5.48. The number of esters is 1. The first kappa shape index (κ1) is 11.9. The number of ether oxygens (including phenoxy) is 1. The van der Waals surface area contributed by atoms with Crippen LogP contribution >= 0.6 is 11.3 Å². The Bertz CT molecular complexity index is 554. The summed E-state index contributed by atoms with van der Waals surface area (Å²) in [4.78, 5) is 17.4. The van der Waals surface area contributed by atoms with Gasteiger partial charge in [-0.2, -0.15) is 0 Å². The summed E-state index contributed by atoms with van der Waals surface area (Å²) >= 11 is 1.36. The Kier molecular flexibility index (Phi) is 3.58. The Labute approximate surface area is 104 Å². The molecule has 0 fully saturated rings. The number of allylic oxidation sites excluding steroid dienone is 1. The van der Waals surface area contributed by atoms with E-state index < -0.39 is 0 Å². The fourth-order valence-corrected chi connectivity index (χ4v) is 2.49. The molecule has 0 unspecified atom stereocenters. The largest absolute Gasteiger partial charge is 0.457 e. The van der Waals surface area contributed by atoms with Crippen molar-refractivity contribution in [2.75, 3.05) is 6.61 Å². The molecule has 2 aromatic rings. The third-order valence-electron chi connectivity index (χ3n) is 2.39. The van der Waals surface area contributed by atoms with E-state index in [4.69, 9.17) is 4.74 Å². The van der Waals surface area contributed by atoms with Gasteiger partial charge < -0.3 is 4.74 Å². The van der Waals surface area contributed by atoms with Crippen molar-refractivity contribution in [3.8, 4) is 0 Å². The number of fused-ring (bicyclic) bond motifs is 1. The molecule has 5 heteroatoms. The van der Waals surface area contributed by atoms with Gasteiger partial charge in [0.1, 0.15) is 11.5 Å². The van der Waals surface area contributed by atoms with Gasteiger partial charge in [0.2, 0.25) is 0 Å². The Morgan fingerprint density at radius 3 is 3.12 bits per heavy atom. The molecule has 0 bridgehead atoms. The molecule has 2 aromatic heterocycles. The van der Waals surface area contributed by atoms with Crippen LogP contribution in [-0.2, 0) is 4.74 Å². The smallest absolute Gasteiger partial charge is 0.350 e. The number of aromatic nitrogens is 2. The maximum absolute atomic E-state index is 11.8. The van der Waals surface area contributed by atoms with Gasteiger partial charge in [-0.3, -0.25) is 4.40 Å². The molecule has 0 saturated heterocycles. The molecule has 0 amide bonds. The van der Waals surface area contributed by atoms with Crippen molar-refractivity contribution < 1.29 is 9.53 Å². The lowest BCUT2D eigenvalue weighted by molar-refractivity contribution is 0.0554. The molecule has 0 spiro atoms. The fraction of sp³-hybridized carbons (Fsp3) is 0.333. The van der Waals surface area contributed by atoms with E-state index in [0.29, 0.717) is 11.5 Å². The zero-order valence-corrected chi connectivity index (χ0v) is 10.7. The Balaban J connectivity index is 2.10. The highest BCUT2D eigenvalue weighted by molar-refractivity contribution is 7.19. The number of nitrogens with zero attached hydrogens (tertiary/aromatic N) is 2. The van der Waals surface area contributed by atoms with Crippen LogP contribution in [0.5, 0.6) is 0 Å². The van der Waals surface area contributed by atoms with E-state index in [0.717, 1.165) is 17.1 Å². The lowest BCUT2D eigenvalue weighted by Crippen LogP contribution is -2.05. The number of rotatable bonds is 4. The molecule has 2 rings (SSSR count). The monoisotopic (exact) mass is 250 g/mol. The lowest BCUT2D eigenvalue weighted by Gasteiger charge is -2.00. The highest BCUT2D eigenvalue weighted by atomic mass is 32.1. The van der Waals surface area contributed by atoms with Gasteiger partial charge >= 0.3 is 5.97 Å². The summed E-state index contributed by atoms with van der Waals surface area (Å²) in [5, 5.41) is 0. The van der Waals surface area contributed by atoms with Crippen LogP contribution in [0.1, 0.15) is 28.7 Å². The normalized spacial score (nSPS) is 11.4. The van der Waals surface area contributed by atoms with Gasteiger partial charge in [-0.05, 0) is 13.3 Å². The molecule has 90 valence electrons. The number of imidazole rings is 1. The van der Waals surface area contributed by atoms with E-state index in [1.54, 1.807) is 6.20 Å². The lowest BCUT2D eigenvalue weighted by atomic mass is 10.4. The summed E-state index contributed by atoms with van der Waals surface area (Å²) in [7, 11) is 0. The van der Waals surface area contributed by atoms with Crippen LogP contribution in [0, 0.1) is 6.92 Å². The SMILES string of the molecule is CC/C=C/COC(=O)c1sc2nccn2c1C. The predicted octanol–water partition coefficient (Wildman–Crippen LogP) is 2.83. The molecule has 0 aromatic carbocycles. The van der Waals surface area contributed by atoms with Crippen molar-refractivity contribution in [1.29, 1.82) is 0 Å². The maximum Gasteiger partial charge on any atom is 0.350 e. The number of thiazole rings is 1. The van der Waals surface area contributed by atoms with Gasteiger partial charge in [0.25, 0.3) is 0 Å². The first-order valence-corrected chi connectivity index (χ1v) is 6.30. The predicted molar refractivity (Wildman–Crippen MR) is 67.5 cm³/mol. The van der Waals surface area contributed by atoms with Crippen molar-refractivity contribution in [1.82, 2.24) is 9.38 Å². The Hall–Kier alpha value is -1.62. The molecule has 0 aliphatic rings. The van der Waals surface area contributed by atoms with Gasteiger partial charge in [0, 0.05) is 18.1 Å².